The quantitative estimate of drug-likeness (QED) is 0.371. The van der Waals surface area contributed by atoms with Crippen molar-refractivity contribution >= 4 is 23.2 Å². The van der Waals surface area contributed by atoms with Crippen molar-refractivity contribution in [2.24, 2.45) is 10.1 Å². The van der Waals surface area contributed by atoms with Crippen LogP contribution in [0.1, 0.15) is 16.7 Å². The summed E-state index contributed by atoms with van der Waals surface area (Å²) in [7, 11) is 1.69. The molecule has 0 spiro atoms. The maximum Gasteiger partial charge on any atom is 0.282 e. The second-order valence-electron chi connectivity index (χ2n) is 6.50. The van der Waals surface area contributed by atoms with E-state index in [4.69, 9.17) is 9.47 Å². The lowest BCUT2D eigenvalue weighted by Gasteiger charge is -2.06. The van der Waals surface area contributed by atoms with Crippen molar-refractivity contribution in [3.05, 3.63) is 67.3 Å². The van der Waals surface area contributed by atoms with Crippen LogP contribution in [0.3, 0.4) is 0 Å². The number of thiazole rings is 1. The fourth-order valence-corrected chi connectivity index (χ4v) is 3.79. The zero-order chi connectivity index (χ0) is 20.5. The highest BCUT2D eigenvalue weighted by Crippen LogP contribution is 2.37. The molecule has 2 aromatic carbocycles. The molecule has 0 unspecified atom stereocenters. The Bertz CT molecular complexity index is 1210. The molecule has 148 valence electrons. The molecule has 0 saturated carbocycles. The predicted octanol–water partition coefficient (Wildman–Crippen LogP) is 3.88. The Morgan fingerprint density at radius 3 is 2.62 bits per heavy atom. The highest BCUT2D eigenvalue weighted by molar-refractivity contribution is 7.07. The second-order valence-corrected chi connectivity index (χ2v) is 7.34. The van der Waals surface area contributed by atoms with Crippen molar-refractivity contribution < 1.29 is 14.4 Å². The summed E-state index contributed by atoms with van der Waals surface area (Å²) in [4.78, 5) is 16.0. The van der Waals surface area contributed by atoms with Crippen molar-refractivity contribution in [2.45, 2.75) is 13.8 Å². The van der Waals surface area contributed by atoms with E-state index in [0.717, 1.165) is 11.3 Å². The number of ether oxygens (including phenoxy) is 2. The van der Waals surface area contributed by atoms with Gasteiger partial charge in [-0.3, -0.25) is 15.1 Å². The van der Waals surface area contributed by atoms with Crippen LogP contribution in [-0.4, -0.2) is 29.7 Å². The Hall–Kier alpha value is -3.46. The van der Waals surface area contributed by atoms with Crippen LogP contribution in [0.15, 0.2) is 45.8 Å². The number of fused-ring (bicyclic) bond motifs is 1. The van der Waals surface area contributed by atoms with Crippen molar-refractivity contribution in [3.8, 4) is 22.8 Å². The largest absolute Gasteiger partial charge is 0.454 e. The van der Waals surface area contributed by atoms with Gasteiger partial charge in [0.05, 0.1) is 28.5 Å². The predicted molar refractivity (Wildman–Crippen MR) is 111 cm³/mol. The van der Waals surface area contributed by atoms with Gasteiger partial charge in [-0.2, -0.15) is 5.10 Å². The van der Waals surface area contributed by atoms with Crippen LogP contribution >= 0.6 is 11.3 Å². The number of nitro benzene ring substituents is 1. The maximum absolute atomic E-state index is 11.5. The number of aromatic nitrogens is 1. The molecular weight excluding hydrogens is 392 g/mol. The van der Waals surface area contributed by atoms with Crippen LogP contribution in [0.25, 0.3) is 11.3 Å². The van der Waals surface area contributed by atoms with Crippen molar-refractivity contribution in [2.75, 3.05) is 13.8 Å². The van der Waals surface area contributed by atoms with Gasteiger partial charge in [0, 0.05) is 18.0 Å². The van der Waals surface area contributed by atoms with E-state index in [-0.39, 0.29) is 12.5 Å². The number of rotatable bonds is 4. The van der Waals surface area contributed by atoms with E-state index in [1.54, 1.807) is 17.8 Å². The highest BCUT2D eigenvalue weighted by Gasteiger charge is 2.22. The Balaban J connectivity index is 1.81. The molecule has 0 amide bonds. The fraction of sp³-hybridized carbons (Fsp3) is 0.200. The third kappa shape index (κ3) is 3.52. The zero-order valence-corrected chi connectivity index (χ0v) is 16.9. The fourth-order valence-electron chi connectivity index (χ4n) is 2.99. The smallest absolute Gasteiger partial charge is 0.282 e. The number of hydrogen-bond donors (Lipinski definition) is 0. The Morgan fingerprint density at radius 1 is 1.17 bits per heavy atom. The number of benzene rings is 2. The minimum absolute atomic E-state index is 0.0438. The Labute approximate surface area is 170 Å². The molecule has 0 atom stereocenters. The van der Waals surface area contributed by atoms with Gasteiger partial charge in [0.25, 0.3) is 5.69 Å². The molecule has 0 saturated heterocycles. The topological polar surface area (TPSA) is 91.2 Å². The first-order valence-corrected chi connectivity index (χ1v) is 9.69. The average Bonchev–Trinajstić information content (AvgIpc) is 3.33. The van der Waals surface area contributed by atoms with E-state index in [2.05, 4.69) is 36.1 Å². The molecule has 0 N–H and O–H groups in total. The van der Waals surface area contributed by atoms with Crippen LogP contribution < -0.4 is 14.3 Å². The molecule has 0 aliphatic carbocycles. The summed E-state index contributed by atoms with van der Waals surface area (Å²) in [6.45, 7) is 4.16. The lowest BCUT2D eigenvalue weighted by molar-refractivity contribution is -0.385. The van der Waals surface area contributed by atoms with Gasteiger partial charge < -0.3 is 9.47 Å². The minimum atomic E-state index is -0.461. The number of nitro groups is 1. The van der Waals surface area contributed by atoms with Gasteiger partial charge in [0.2, 0.25) is 11.6 Å². The summed E-state index contributed by atoms with van der Waals surface area (Å²) < 4.78 is 12.3. The van der Waals surface area contributed by atoms with Gasteiger partial charge in [-0.25, -0.2) is 4.68 Å². The van der Waals surface area contributed by atoms with Gasteiger partial charge in [0.1, 0.15) is 0 Å². The number of aryl methyl sites for hydroxylation is 2. The lowest BCUT2D eigenvalue weighted by Crippen LogP contribution is -2.11. The summed E-state index contributed by atoms with van der Waals surface area (Å²) in [5.74, 6) is 0.819. The maximum atomic E-state index is 11.5. The van der Waals surface area contributed by atoms with Gasteiger partial charge >= 0.3 is 0 Å². The molecule has 2 heterocycles. The van der Waals surface area contributed by atoms with Crippen LogP contribution in [0.2, 0.25) is 0 Å². The van der Waals surface area contributed by atoms with E-state index in [1.165, 1.54) is 34.7 Å². The van der Waals surface area contributed by atoms with Crippen LogP contribution in [0, 0.1) is 24.0 Å². The number of hydrogen-bond acceptors (Lipinski definition) is 7. The average molecular weight is 410 g/mol. The number of nitrogens with zero attached hydrogens (tertiary/aromatic N) is 4. The van der Waals surface area contributed by atoms with E-state index in [1.807, 2.05) is 11.4 Å². The molecule has 1 aliphatic heterocycles. The van der Waals surface area contributed by atoms with Crippen molar-refractivity contribution in [3.63, 3.8) is 0 Å². The molecule has 9 heteroatoms. The SMILES string of the molecule is CN=c1scc(-c2ccc(C)c(C)c2)n1N=Cc1cc2c(cc1[N+](=O)[O-])OCO2. The molecule has 3 aromatic rings. The standard InChI is InChI=1S/C20H18N4O4S/c1-12-4-5-14(6-13(12)2)17-10-29-20(21-3)23(17)22-9-15-7-18-19(28-11-27-18)8-16(15)24(25)26/h4-10H,11H2,1-3H3. The normalized spacial score (nSPS) is 13.4. The molecule has 4 rings (SSSR count). The molecule has 0 fully saturated rings. The monoisotopic (exact) mass is 410 g/mol. The molecule has 1 aromatic heterocycles. The lowest BCUT2D eigenvalue weighted by atomic mass is 10.1. The van der Waals surface area contributed by atoms with Crippen molar-refractivity contribution in [1.29, 1.82) is 0 Å². The molecule has 1 aliphatic rings. The molecule has 0 radical (unpaired) electrons. The molecule has 8 nitrogen and oxygen atoms in total. The first-order valence-electron chi connectivity index (χ1n) is 8.81. The van der Waals surface area contributed by atoms with Crippen LogP contribution in [-0.2, 0) is 0 Å². The van der Waals surface area contributed by atoms with Crippen molar-refractivity contribution in [1.82, 2.24) is 4.68 Å². The van der Waals surface area contributed by atoms with E-state index in [9.17, 15) is 10.1 Å². The third-order valence-electron chi connectivity index (χ3n) is 4.71. The molecule has 0 bridgehead atoms. The summed E-state index contributed by atoms with van der Waals surface area (Å²) >= 11 is 1.45. The van der Waals surface area contributed by atoms with E-state index >= 15 is 0 Å². The summed E-state index contributed by atoms with van der Waals surface area (Å²) in [6.07, 6.45) is 1.45. The second kappa shape index (κ2) is 7.51. The van der Waals surface area contributed by atoms with Gasteiger partial charge in [-0.1, -0.05) is 12.1 Å². The Morgan fingerprint density at radius 2 is 1.93 bits per heavy atom. The molecular formula is C20H18N4O4S. The first-order chi connectivity index (χ1) is 14.0. The zero-order valence-electron chi connectivity index (χ0n) is 16.1. The van der Waals surface area contributed by atoms with Crippen LogP contribution in [0.5, 0.6) is 11.5 Å². The Kier molecular flexibility index (Phi) is 4.89. The van der Waals surface area contributed by atoms with Crippen LogP contribution in [0.4, 0.5) is 5.69 Å². The van der Waals surface area contributed by atoms with E-state index in [0.29, 0.717) is 21.9 Å². The first kappa shape index (κ1) is 18.9. The summed E-state index contributed by atoms with van der Waals surface area (Å²) in [5.41, 5.74) is 4.46. The van der Waals surface area contributed by atoms with Gasteiger partial charge in [-0.05, 0) is 37.1 Å². The summed E-state index contributed by atoms with van der Waals surface area (Å²) in [6, 6.07) is 9.10. The van der Waals surface area contributed by atoms with Gasteiger partial charge in [0.15, 0.2) is 11.5 Å². The minimum Gasteiger partial charge on any atom is -0.454 e. The molecule has 29 heavy (non-hydrogen) atoms. The summed E-state index contributed by atoms with van der Waals surface area (Å²) in [5, 5.41) is 18.0. The highest BCUT2D eigenvalue weighted by atomic mass is 32.1. The van der Waals surface area contributed by atoms with Gasteiger partial charge in [-0.15, -0.1) is 11.3 Å². The third-order valence-corrected chi connectivity index (χ3v) is 5.62. The van der Waals surface area contributed by atoms with E-state index < -0.39 is 4.92 Å².